The Morgan fingerprint density at radius 2 is 1.52 bits per heavy atom. The minimum atomic E-state index is -4.04. The molecule has 2 fully saturated rings. The summed E-state index contributed by atoms with van der Waals surface area (Å²) in [6.45, 7) is 4.96. The normalized spacial score (nSPS) is 32.9. The van der Waals surface area contributed by atoms with E-state index in [9.17, 15) is 18.3 Å². The summed E-state index contributed by atoms with van der Waals surface area (Å²) in [6, 6.07) is 0.127. The molecule has 0 spiro atoms. The second-order valence-corrected chi connectivity index (χ2v) is 7.86. The fraction of sp³-hybridized carbons (Fsp3) is 1.00. The molecule has 0 aliphatic heterocycles. The summed E-state index contributed by atoms with van der Waals surface area (Å²) in [4.78, 5) is 0. The fourth-order valence-corrected chi connectivity index (χ4v) is 3.53. The largest absolute Gasteiger partial charge is 0.391 e. The highest BCUT2D eigenvalue weighted by Crippen LogP contribution is 2.40. The summed E-state index contributed by atoms with van der Waals surface area (Å²) in [5.74, 6) is -1.13. The summed E-state index contributed by atoms with van der Waals surface area (Å²) in [5, 5.41) is 13.9. The number of nitrogens with one attached hydrogen (secondary N) is 1. The monoisotopic (exact) mass is 307 g/mol. The van der Waals surface area contributed by atoms with Gasteiger partial charge in [-0.25, -0.2) is 0 Å². The van der Waals surface area contributed by atoms with Crippen molar-refractivity contribution in [3.8, 4) is 0 Å². The molecule has 2 nitrogen and oxygen atoms in total. The van der Waals surface area contributed by atoms with Crippen LogP contribution >= 0.6 is 0 Å². The van der Waals surface area contributed by atoms with Crippen LogP contribution in [0.3, 0.4) is 0 Å². The van der Waals surface area contributed by atoms with Crippen LogP contribution in [0.15, 0.2) is 0 Å². The van der Waals surface area contributed by atoms with Gasteiger partial charge in [0, 0.05) is 12.6 Å². The maximum atomic E-state index is 12.6. The van der Waals surface area contributed by atoms with Crippen molar-refractivity contribution in [1.29, 1.82) is 0 Å². The van der Waals surface area contributed by atoms with Crippen LogP contribution in [0.1, 0.15) is 65.2 Å². The second kappa shape index (κ2) is 6.07. The Kier molecular flexibility index (Phi) is 4.94. The van der Waals surface area contributed by atoms with Crippen molar-refractivity contribution in [3.05, 3.63) is 0 Å². The van der Waals surface area contributed by atoms with Crippen LogP contribution in [-0.2, 0) is 0 Å². The summed E-state index contributed by atoms with van der Waals surface area (Å²) >= 11 is 0. The highest BCUT2D eigenvalue weighted by molar-refractivity contribution is 4.92. The molecule has 2 aliphatic rings. The molecule has 5 heteroatoms. The minimum absolute atomic E-state index is 0.127. The Morgan fingerprint density at radius 3 is 2.00 bits per heavy atom. The first-order valence-electron chi connectivity index (χ1n) is 8.12. The molecule has 0 aromatic rings. The fourth-order valence-electron chi connectivity index (χ4n) is 3.53. The van der Waals surface area contributed by atoms with Gasteiger partial charge in [0.25, 0.3) is 0 Å². The first kappa shape index (κ1) is 17.1. The molecular weight excluding hydrogens is 279 g/mol. The lowest BCUT2D eigenvalue weighted by Gasteiger charge is -2.41. The van der Waals surface area contributed by atoms with Crippen LogP contribution in [-0.4, -0.2) is 29.5 Å². The molecule has 2 saturated carbocycles. The molecule has 0 atom stereocenters. The third-order valence-electron chi connectivity index (χ3n) is 5.44. The van der Waals surface area contributed by atoms with Gasteiger partial charge >= 0.3 is 6.18 Å². The van der Waals surface area contributed by atoms with Gasteiger partial charge in [-0.2, -0.15) is 13.2 Å². The average Bonchev–Trinajstić information content (AvgIpc) is 2.40. The smallest absolute Gasteiger partial charge is 0.389 e. The van der Waals surface area contributed by atoms with Crippen molar-refractivity contribution in [1.82, 2.24) is 5.32 Å². The predicted octanol–water partition coefficient (Wildman–Crippen LogP) is 4.03. The first-order valence-corrected chi connectivity index (χ1v) is 8.12. The van der Waals surface area contributed by atoms with Crippen LogP contribution in [0, 0.1) is 11.3 Å². The van der Waals surface area contributed by atoms with Crippen LogP contribution in [0.25, 0.3) is 0 Å². The van der Waals surface area contributed by atoms with E-state index in [1.54, 1.807) is 0 Å². The zero-order chi connectivity index (χ0) is 15.7. The summed E-state index contributed by atoms with van der Waals surface area (Å²) < 4.78 is 37.9. The number of hydrogen-bond acceptors (Lipinski definition) is 2. The van der Waals surface area contributed by atoms with Gasteiger partial charge in [0.15, 0.2) is 0 Å². The summed E-state index contributed by atoms with van der Waals surface area (Å²) in [5.41, 5.74) is -0.368. The molecule has 0 saturated heterocycles. The van der Waals surface area contributed by atoms with Crippen molar-refractivity contribution in [2.24, 2.45) is 11.3 Å². The molecule has 2 rings (SSSR count). The SMILES string of the molecule is CC1(C)CCC(O)(CNC2CCC(C(F)(F)F)CC2)CC1. The van der Waals surface area contributed by atoms with Gasteiger partial charge in [0.05, 0.1) is 11.5 Å². The minimum Gasteiger partial charge on any atom is -0.389 e. The zero-order valence-corrected chi connectivity index (χ0v) is 13.1. The van der Waals surface area contributed by atoms with E-state index < -0.39 is 17.7 Å². The Hall–Kier alpha value is -0.290. The second-order valence-electron chi connectivity index (χ2n) is 7.86. The van der Waals surface area contributed by atoms with Crippen LogP contribution in [0.2, 0.25) is 0 Å². The van der Waals surface area contributed by atoms with Crippen LogP contribution < -0.4 is 5.32 Å². The number of alkyl halides is 3. The van der Waals surface area contributed by atoms with E-state index in [-0.39, 0.29) is 18.9 Å². The Bertz CT molecular complexity index is 336. The molecule has 0 aromatic carbocycles. The highest BCUT2D eigenvalue weighted by Gasteiger charge is 2.42. The molecule has 0 aromatic heterocycles. The van der Waals surface area contributed by atoms with Gasteiger partial charge in [-0.05, 0) is 56.8 Å². The molecule has 124 valence electrons. The number of hydrogen-bond donors (Lipinski definition) is 2. The number of halogens is 3. The van der Waals surface area contributed by atoms with Crippen molar-refractivity contribution in [2.45, 2.75) is 83.0 Å². The number of aliphatic hydroxyl groups is 1. The van der Waals surface area contributed by atoms with Gasteiger partial charge in [-0.1, -0.05) is 13.8 Å². The quantitative estimate of drug-likeness (QED) is 0.825. The molecule has 0 heterocycles. The maximum absolute atomic E-state index is 12.6. The van der Waals surface area contributed by atoms with Crippen molar-refractivity contribution in [2.75, 3.05) is 6.54 Å². The Balaban J connectivity index is 1.73. The Labute approximate surface area is 125 Å². The van der Waals surface area contributed by atoms with Crippen molar-refractivity contribution in [3.63, 3.8) is 0 Å². The third-order valence-corrected chi connectivity index (χ3v) is 5.44. The van der Waals surface area contributed by atoms with Gasteiger partial charge in [0.2, 0.25) is 0 Å². The molecule has 0 radical (unpaired) electrons. The molecule has 0 bridgehead atoms. The predicted molar refractivity (Wildman–Crippen MR) is 77.0 cm³/mol. The lowest BCUT2D eigenvalue weighted by molar-refractivity contribution is -0.182. The molecule has 2 N–H and O–H groups in total. The van der Waals surface area contributed by atoms with Crippen LogP contribution in [0.4, 0.5) is 13.2 Å². The molecule has 0 unspecified atom stereocenters. The lowest BCUT2D eigenvalue weighted by atomic mass is 9.71. The third kappa shape index (κ3) is 4.85. The van der Waals surface area contributed by atoms with E-state index in [0.29, 0.717) is 24.8 Å². The van der Waals surface area contributed by atoms with Crippen molar-refractivity contribution >= 4 is 0 Å². The van der Waals surface area contributed by atoms with E-state index in [4.69, 9.17) is 0 Å². The van der Waals surface area contributed by atoms with Gasteiger partial charge < -0.3 is 10.4 Å². The summed E-state index contributed by atoms with van der Waals surface area (Å²) in [7, 11) is 0. The van der Waals surface area contributed by atoms with Gasteiger partial charge in [0.1, 0.15) is 0 Å². The average molecular weight is 307 g/mol. The molecule has 21 heavy (non-hydrogen) atoms. The zero-order valence-electron chi connectivity index (χ0n) is 13.1. The van der Waals surface area contributed by atoms with E-state index in [1.165, 1.54) is 0 Å². The summed E-state index contributed by atoms with van der Waals surface area (Å²) in [6.07, 6.45) is 1.09. The lowest BCUT2D eigenvalue weighted by Crippen LogP contribution is -2.48. The first-order chi connectivity index (χ1) is 9.60. The van der Waals surface area contributed by atoms with Gasteiger partial charge in [-0.15, -0.1) is 0 Å². The topological polar surface area (TPSA) is 32.3 Å². The molecular formula is C16H28F3NO. The Morgan fingerprint density at radius 1 is 1.00 bits per heavy atom. The molecule has 0 amide bonds. The van der Waals surface area contributed by atoms with E-state index in [0.717, 1.165) is 25.7 Å². The van der Waals surface area contributed by atoms with Crippen LogP contribution in [0.5, 0.6) is 0 Å². The standard InChI is InChI=1S/C16H28F3NO/c1-14(2)7-9-15(21,10-8-14)11-20-13-5-3-12(4-6-13)16(17,18)19/h12-13,20-21H,3-11H2,1-2H3. The highest BCUT2D eigenvalue weighted by atomic mass is 19.4. The van der Waals surface area contributed by atoms with E-state index in [2.05, 4.69) is 19.2 Å². The van der Waals surface area contributed by atoms with E-state index in [1.807, 2.05) is 0 Å². The molecule has 2 aliphatic carbocycles. The van der Waals surface area contributed by atoms with Crippen molar-refractivity contribution < 1.29 is 18.3 Å². The maximum Gasteiger partial charge on any atom is 0.391 e. The van der Waals surface area contributed by atoms with E-state index >= 15 is 0 Å². The van der Waals surface area contributed by atoms with Gasteiger partial charge in [-0.3, -0.25) is 0 Å². The number of rotatable bonds is 3.